The van der Waals surface area contributed by atoms with E-state index in [1.165, 1.54) is 0 Å². The van der Waals surface area contributed by atoms with Gasteiger partial charge in [-0.3, -0.25) is 4.68 Å². The molecule has 1 aliphatic rings. The fraction of sp³-hybridized carbons (Fsp3) is 0.261. The van der Waals surface area contributed by atoms with Gasteiger partial charge >= 0.3 is 0 Å². The molecule has 2 aromatic heterocycles. The molecule has 0 fully saturated rings. The Hall–Kier alpha value is -3.49. The predicted molar refractivity (Wildman–Crippen MR) is 114 cm³/mol. The highest BCUT2D eigenvalue weighted by Gasteiger charge is 2.16. The quantitative estimate of drug-likeness (QED) is 0.452. The van der Waals surface area contributed by atoms with Crippen LogP contribution in [-0.2, 0) is 13.6 Å². The second kappa shape index (κ2) is 8.33. The van der Waals surface area contributed by atoms with Crippen molar-refractivity contribution in [3.63, 3.8) is 0 Å². The summed E-state index contributed by atoms with van der Waals surface area (Å²) in [6.45, 7) is 1.30. The van der Waals surface area contributed by atoms with E-state index in [2.05, 4.69) is 10.4 Å². The molecule has 1 aliphatic heterocycles. The van der Waals surface area contributed by atoms with E-state index < -0.39 is 6.10 Å². The van der Waals surface area contributed by atoms with E-state index in [9.17, 15) is 5.11 Å². The summed E-state index contributed by atoms with van der Waals surface area (Å²) in [6, 6.07) is 15.2. The monoisotopic (exact) mass is 421 g/mol. The lowest BCUT2D eigenvalue weighted by Crippen LogP contribution is -2.31. The van der Waals surface area contributed by atoms with Crippen molar-refractivity contribution in [1.29, 1.82) is 0 Å². The van der Waals surface area contributed by atoms with Gasteiger partial charge in [0.05, 0.1) is 0 Å². The summed E-state index contributed by atoms with van der Waals surface area (Å²) in [5.74, 6) is 2.71. The van der Waals surface area contributed by atoms with Gasteiger partial charge in [0, 0.05) is 43.4 Å². The molecule has 1 unspecified atom stereocenters. The van der Waals surface area contributed by atoms with E-state index in [0.717, 1.165) is 28.0 Å². The minimum atomic E-state index is -0.670. The number of hydrogen-bond donors (Lipinski definition) is 2. The average molecular weight is 421 g/mol. The Bertz CT molecular complexity index is 1170. The Morgan fingerprint density at radius 2 is 2.03 bits per heavy atom. The van der Waals surface area contributed by atoms with Crippen LogP contribution in [0.15, 0.2) is 59.1 Å². The number of aryl methyl sites for hydroxylation is 1. The van der Waals surface area contributed by atoms with E-state index in [4.69, 9.17) is 18.6 Å². The van der Waals surface area contributed by atoms with Crippen LogP contribution in [0.25, 0.3) is 22.4 Å². The Morgan fingerprint density at radius 3 is 2.94 bits per heavy atom. The smallest absolute Gasteiger partial charge is 0.231 e. The summed E-state index contributed by atoms with van der Waals surface area (Å²) < 4.78 is 24.0. The first-order chi connectivity index (χ1) is 15.2. The van der Waals surface area contributed by atoms with E-state index in [1.807, 2.05) is 43.6 Å². The Labute approximate surface area is 178 Å². The fourth-order valence-electron chi connectivity index (χ4n) is 3.56. The molecule has 0 saturated carbocycles. The molecule has 0 bridgehead atoms. The van der Waals surface area contributed by atoms with Crippen LogP contribution in [-0.4, -0.2) is 40.9 Å². The SMILES string of the molecule is Cn1cc(CNCC(O)COc2ccc3c(c2)OCO3)c(-c2cc3ccccc3o2)n1. The third kappa shape index (κ3) is 4.21. The Kier molecular flexibility index (Phi) is 5.23. The molecule has 2 aromatic carbocycles. The lowest BCUT2D eigenvalue weighted by atomic mass is 10.2. The summed E-state index contributed by atoms with van der Waals surface area (Å²) in [5, 5.41) is 19.1. The van der Waals surface area contributed by atoms with Crippen LogP contribution in [0.4, 0.5) is 0 Å². The molecule has 0 saturated heterocycles. The maximum absolute atomic E-state index is 10.3. The number of ether oxygens (including phenoxy) is 3. The van der Waals surface area contributed by atoms with Crippen LogP contribution in [0.1, 0.15) is 5.56 Å². The number of aromatic nitrogens is 2. The molecule has 3 heterocycles. The molecule has 4 aromatic rings. The first-order valence-corrected chi connectivity index (χ1v) is 10.1. The number of para-hydroxylation sites is 1. The Balaban J connectivity index is 1.17. The largest absolute Gasteiger partial charge is 0.491 e. The van der Waals surface area contributed by atoms with Crippen LogP contribution in [0, 0.1) is 0 Å². The number of nitrogens with one attached hydrogen (secondary N) is 1. The topological polar surface area (TPSA) is 90.9 Å². The van der Waals surface area contributed by atoms with Gasteiger partial charge in [0.25, 0.3) is 0 Å². The molecule has 160 valence electrons. The third-order valence-corrected chi connectivity index (χ3v) is 5.05. The predicted octanol–water partition coefficient (Wildman–Crippen LogP) is 3.09. The molecule has 8 nitrogen and oxygen atoms in total. The normalized spacial score (nSPS) is 13.6. The molecule has 0 amide bonds. The molecular weight excluding hydrogens is 398 g/mol. The number of benzene rings is 2. The Morgan fingerprint density at radius 1 is 1.16 bits per heavy atom. The van der Waals surface area contributed by atoms with Crippen molar-refractivity contribution in [3.8, 4) is 28.7 Å². The minimum absolute atomic E-state index is 0.163. The summed E-state index contributed by atoms with van der Waals surface area (Å²) in [4.78, 5) is 0. The highest BCUT2D eigenvalue weighted by Crippen LogP contribution is 2.35. The van der Waals surface area contributed by atoms with Gasteiger partial charge in [-0.1, -0.05) is 18.2 Å². The molecule has 2 N–H and O–H groups in total. The summed E-state index contributed by atoms with van der Waals surface area (Å²) in [6.07, 6.45) is 1.28. The van der Waals surface area contributed by atoms with Gasteiger partial charge in [0.1, 0.15) is 29.7 Å². The van der Waals surface area contributed by atoms with E-state index in [1.54, 1.807) is 22.9 Å². The van der Waals surface area contributed by atoms with E-state index in [-0.39, 0.29) is 13.4 Å². The third-order valence-electron chi connectivity index (χ3n) is 5.05. The van der Waals surface area contributed by atoms with Crippen molar-refractivity contribution in [1.82, 2.24) is 15.1 Å². The van der Waals surface area contributed by atoms with Crippen molar-refractivity contribution < 1.29 is 23.7 Å². The van der Waals surface area contributed by atoms with Crippen LogP contribution >= 0.6 is 0 Å². The van der Waals surface area contributed by atoms with Gasteiger partial charge in [0.15, 0.2) is 17.3 Å². The molecule has 0 spiro atoms. The van der Waals surface area contributed by atoms with Crippen LogP contribution < -0.4 is 19.5 Å². The van der Waals surface area contributed by atoms with Crippen LogP contribution in [0.5, 0.6) is 17.2 Å². The van der Waals surface area contributed by atoms with E-state index >= 15 is 0 Å². The van der Waals surface area contributed by atoms with Gasteiger partial charge in [-0.25, -0.2) is 0 Å². The van der Waals surface area contributed by atoms with Gasteiger partial charge in [-0.2, -0.15) is 5.10 Å². The number of furan rings is 1. The maximum atomic E-state index is 10.3. The molecule has 8 heteroatoms. The number of fused-ring (bicyclic) bond motifs is 2. The van der Waals surface area contributed by atoms with Crippen LogP contribution in [0.3, 0.4) is 0 Å². The van der Waals surface area contributed by atoms with Crippen molar-refractivity contribution in [2.45, 2.75) is 12.6 Å². The standard InChI is InChI=1S/C23H23N3O5/c1-26-12-16(23(25-26)22-8-15-4-2-3-5-19(15)31-22)10-24-11-17(27)13-28-18-6-7-20-21(9-18)30-14-29-20/h2-9,12,17,24,27H,10-11,13-14H2,1H3. The van der Waals surface area contributed by atoms with Crippen molar-refractivity contribution >= 4 is 11.0 Å². The first-order valence-electron chi connectivity index (χ1n) is 10.1. The van der Waals surface area contributed by atoms with Gasteiger partial charge in [-0.05, 0) is 24.3 Å². The molecule has 0 radical (unpaired) electrons. The summed E-state index contributed by atoms with van der Waals surface area (Å²) in [7, 11) is 1.88. The number of rotatable bonds is 8. The van der Waals surface area contributed by atoms with Gasteiger partial charge < -0.3 is 29.1 Å². The fourth-order valence-corrected chi connectivity index (χ4v) is 3.56. The van der Waals surface area contributed by atoms with Crippen molar-refractivity contribution in [2.24, 2.45) is 7.05 Å². The summed E-state index contributed by atoms with van der Waals surface area (Å²) in [5.41, 5.74) is 2.61. The first kappa shape index (κ1) is 19.5. The van der Waals surface area contributed by atoms with Gasteiger partial charge in [-0.15, -0.1) is 0 Å². The van der Waals surface area contributed by atoms with Crippen LogP contribution in [0.2, 0.25) is 0 Å². The van der Waals surface area contributed by atoms with Gasteiger partial charge in [0.2, 0.25) is 6.79 Å². The highest BCUT2D eigenvalue weighted by atomic mass is 16.7. The van der Waals surface area contributed by atoms with Crippen molar-refractivity contribution in [2.75, 3.05) is 19.9 Å². The second-order valence-corrected chi connectivity index (χ2v) is 7.44. The lowest BCUT2D eigenvalue weighted by Gasteiger charge is -2.13. The summed E-state index contributed by atoms with van der Waals surface area (Å²) >= 11 is 0. The molecule has 0 aliphatic carbocycles. The van der Waals surface area contributed by atoms with Crippen molar-refractivity contribution in [3.05, 3.63) is 60.3 Å². The maximum Gasteiger partial charge on any atom is 0.231 e. The molecule has 5 rings (SSSR count). The number of aliphatic hydroxyl groups is 1. The number of hydrogen-bond acceptors (Lipinski definition) is 7. The second-order valence-electron chi connectivity index (χ2n) is 7.44. The average Bonchev–Trinajstić information content (AvgIpc) is 3.49. The zero-order valence-electron chi connectivity index (χ0n) is 17.1. The number of aliphatic hydroxyl groups excluding tert-OH is 1. The molecule has 31 heavy (non-hydrogen) atoms. The molecular formula is C23H23N3O5. The number of nitrogens with zero attached hydrogens (tertiary/aromatic N) is 2. The minimum Gasteiger partial charge on any atom is -0.491 e. The zero-order chi connectivity index (χ0) is 21.2. The highest BCUT2D eigenvalue weighted by molar-refractivity contribution is 5.82. The zero-order valence-corrected chi connectivity index (χ0v) is 17.1. The lowest BCUT2D eigenvalue weighted by molar-refractivity contribution is 0.106. The molecule has 1 atom stereocenters. The van der Waals surface area contributed by atoms with E-state index in [0.29, 0.717) is 30.3 Å².